The zero-order valence-electron chi connectivity index (χ0n) is 40.6. The van der Waals surface area contributed by atoms with Crippen LogP contribution in [0, 0.1) is 51.0 Å². The fourth-order valence-corrected chi connectivity index (χ4v) is 7.55. The molecule has 5 N–H and O–H groups in total. The van der Waals surface area contributed by atoms with E-state index in [9.17, 15) is 40.7 Å². The zero-order valence-corrected chi connectivity index (χ0v) is 40.6. The minimum Gasteiger partial charge on any atom is -0.485 e. The topological polar surface area (TPSA) is 176 Å². The van der Waals surface area contributed by atoms with Gasteiger partial charge in [-0.25, -0.2) is 32.3 Å². The zero-order chi connectivity index (χ0) is 52.3. The molecule has 3 amide bonds. The van der Waals surface area contributed by atoms with Crippen molar-refractivity contribution in [2.75, 3.05) is 26.4 Å². The number of ether oxygens (including phenoxy) is 3. The van der Waals surface area contributed by atoms with E-state index in [1.807, 2.05) is 30.3 Å². The van der Waals surface area contributed by atoms with Gasteiger partial charge < -0.3 is 35.9 Å². The van der Waals surface area contributed by atoms with E-state index >= 15 is 0 Å². The number of carbonyl (C=O) groups is 3. The van der Waals surface area contributed by atoms with E-state index in [1.54, 1.807) is 70.5 Å². The molecule has 3 aromatic carbocycles. The lowest BCUT2D eigenvalue weighted by atomic mass is 9.98. The number of carbonyl (C=O) groups excluding carboxylic acids is 3. The predicted octanol–water partition coefficient (Wildman–Crippen LogP) is 9.20. The highest BCUT2D eigenvalue weighted by molar-refractivity contribution is 5.95. The first kappa shape index (κ1) is 53.7. The quantitative estimate of drug-likeness (QED) is 0.0576. The van der Waals surface area contributed by atoms with Gasteiger partial charge in [0.05, 0.1) is 41.4 Å². The maximum atomic E-state index is 14.1. The Bertz CT molecular complexity index is 3020. The number of imidazole rings is 2. The Morgan fingerprint density at radius 1 is 0.625 bits per heavy atom. The third kappa shape index (κ3) is 13.4. The molecule has 14 nitrogen and oxygen atoms in total. The molecular weight excluding hydrogens is 947 g/mol. The van der Waals surface area contributed by atoms with E-state index in [0.717, 1.165) is 35.4 Å². The van der Waals surface area contributed by atoms with Crippen molar-refractivity contribution in [1.29, 1.82) is 0 Å². The first-order valence-electron chi connectivity index (χ1n) is 22.8. The highest BCUT2D eigenvalue weighted by Crippen LogP contribution is 2.28. The number of nitrogens with zero attached hydrogens (tertiary/aromatic N) is 4. The first-order valence-corrected chi connectivity index (χ1v) is 22.8. The number of aromatic nitrogens is 4. The molecule has 4 aromatic heterocycles. The summed E-state index contributed by atoms with van der Waals surface area (Å²) in [5.74, 6) is -3.30. The van der Waals surface area contributed by atoms with Gasteiger partial charge in [0.15, 0.2) is 22.8 Å². The Morgan fingerprint density at radius 2 is 1.07 bits per heavy atom. The fourth-order valence-electron chi connectivity index (χ4n) is 7.55. The number of nitrogens with one attached hydrogen (secondary N) is 3. The second-order valence-electron chi connectivity index (χ2n) is 17.9. The van der Waals surface area contributed by atoms with Crippen LogP contribution in [0.1, 0.15) is 86.9 Å². The van der Waals surface area contributed by atoms with Crippen LogP contribution in [0.2, 0.25) is 0 Å². The molecule has 0 saturated heterocycles. The van der Waals surface area contributed by atoms with E-state index in [1.165, 1.54) is 16.5 Å². The average Bonchev–Trinajstić information content (AvgIpc) is 3.84. The second kappa shape index (κ2) is 23.5. The maximum Gasteiger partial charge on any atom is 0.407 e. The standard InChI is InChI=1S/C30H31F3N4O4.C22H25F3N4O2/c1-19-14-25(40-17-22-23(32)10-7-11-24(22)33)27-35-20(2)26(37(27)15-19)28(38)34-18-30(3,12-13-31)36-29(39)41-16-21-8-5-4-6-9-21;1-13-9-18(31-11-15-16(24)5-4-6-17(15)25)20-28-14(2)19(29(20)10-13)21(30)27-12-22(3,26)7-8-23/h4-11,14-15H,12-13,16-18H2,1-3H3,(H,34,38)(H,36,39);4-6,9-10H,7-8,11-12,26H2,1-3H3,(H,27,30). The minimum absolute atomic E-state index is 0.0407. The number of benzene rings is 3. The number of alkyl halides is 2. The molecular formula is C52H56F6N8O6. The Hall–Kier alpha value is -7.61. The van der Waals surface area contributed by atoms with Gasteiger partial charge in [-0.2, -0.15) is 0 Å². The Balaban J connectivity index is 0.000000245. The third-order valence-electron chi connectivity index (χ3n) is 11.5. The monoisotopic (exact) mass is 1000 g/mol. The Kier molecular flexibility index (Phi) is 17.6. The van der Waals surface area contributed by atoms with Gasteiger partial charge in [0.25, 0.3) is 11.8 Å². The minimum atomic E-state index is -1.14. The lowest BCUT2D eigenvalue weighted by Gasteiger charge is -2.29. The Labute approximate surface area is 411 Å². The van der Waals surface area contributed by atoms with Crippen molar-refractivity contribution >= 4 is 29.2 Å². The molecule has 0 aliphatic rings. The Morgan fingerprint density at radius 3 is 1.51 bits per heavy atom. The van der Waals surface area contributed by atoms with Gasteiger partial charge in [-0.1, -0.05) is 42.5 Å². The molecule has 72 heavy (non-hydrogen) atoms. The van der Waals surface area contributed by atoms with Crippen molar-refractivity contribution in [2.24, 2.45) is 5.73 Å². The molecule has 7 rings (SSSR count). The van der Waals surface area contributed by atoms with Gasteiger partial charge in [-0.3, -0.25) is 27.2 Å². The van der Waals surface area contributed by atoms with Crippen LogP contribution in [0.4, 0.5) is 31.1 Å². The summed E-state index contributed by atoms with van der Waals surface area (Å²) in [6.07, 6.45) is 2.70. The molecule has 2 unspecified atom stereocenters. The number of fused-ring (bicyclic) bond motifs is 2. The van der Waals surface area contributed by atoms with Gasteiger partial charge in [-0.15, -0.1) is 0 Å². The molecule has 20 heteroatoms. The van der Waals surface area contributed by atoms with Gasteiger partial charge in [0.2, 0.25) is 0 Å². The van der Waals surface area contributed by atoms with Crippen molar-refractivity contribution < 1.29 is 54.9 Å². The molecule has 7 aromatic rings. The first-order chi connectivity index (χ1) is 34.2. The summed E-state index contributed by atoms with van der Waals surface area (Å²) in [7, 11) is 0. The number of rotatable bonds is 19. The lowest BCUT2D eigenvalue weighted by molar-refractivity contribution is 0.0917. The summed E-state index contributed by atoms with van der Waals surface area (Å²) >= 11 is 0. The number of hydrogen-bond donors (Lipinski definition) is 4. The number of amides is 3. The van der Waals surface area contributed by atoms with Crippen molar-refractivity contribution in [3.8, 4) is 11.5 Å². The smallest absolute Gasteiger partial charge is 0.407 e. The third-order valence-corrected chi connectivity index (χ3v) is 11.5. The van der Waals surface area contributed by atoms with Crippen LogP contribution in [0.5, 0.6) is 11.5 Å². The molecule has 0 saturated carbocycles. The van der Waals surface area contributed by atoms with E-state index in [4.69, 9.17) is 19.9 Å². The summed E-state index contributed by atoms with van der Waals surface area (Å²) < 4.78 is 102. The average molecular weight is 1000 g/mol. The van der Waals surface area contributed by atoms with E-state index in [0.29, 0.717) is 22.6 Å². The number of alkyl carbamates (subject to hydrolysis) is 1. The normalized spacial score (nSPS) is 12.8. The van der Waals surface area contributed by atoms with Crippen LogP contribution < -0.4 is 31.2 Å². The molecule has 4 heterocycles. The van der Waals surface area contributed by atoms with Crippen LogP contribution >= 0.6 is 0 Å². The maximum absolute atomic E-state index is 14.1. The lowest BCUT2D eigenvalue weighted by Crippen LogP contribution is -2.54. The molecule has 0 spiro atoms. The fraction of sp³-hybridized carbons (Fsp3) is 0.327. The van der Waals surface area contributed by atoms with E-state index < -0.39 is 65.6 Å². The van der Waals surface area contributed by atoms with Gasteiger partial charge in [0.1, 0.15) is 54.5 Å². The SMILES string of the molecule is Cc1cc(OCc2c(F)cccc2F)c2nc(C)c(C(=O)NCC(C)(CCF)NC(=O)OCc3ccccc3)n2c1.Cc1cc(OCc2c(F)cccc2F)c2nc(C)c(C(=O)NCC(C)(N)CCF)n2c1. The number of nitrogens with two attached hydrogens (primary N) is 1. The molecule has 2 atom stereocenters. The van der Waals surface area contributed by atoms with Crippen molar-refractivity contribution in [3.05, 3.63) is 165 Å². The van der Waals surface area contributed by atoms with Gasteiger partial charge in [0, 0.05) is 37.4 Å². The summed E-state index contributed by atoms with van der Waals surface area (Å²) in [4.78, 5) is 47.5. The number of hydrogen-bond acceptors (Lipinski definition) is 9. The van der Waals surface area contributed by atoms with E-state index in [2.05, 4.69) is 25.9 Å². The van der Waals surface area contributed by atoms with Crippen LogP contribution in [0.3, 0.4) is 0 Å². The molecule has 0 aliphatic carbocycles. The van der Waals surface area contributed by atoms with Crippen molar-refractivity contribution in [1.82, 2.24) is 34.7 Å². The highest BCUT2D eigenvalue weighted by Gasteiger charge is 2.30. The number of pyridine rings is 2. The second-order valence-corrected chi connectivity index (χ2v) is 17.9. The molecule has 382 valence electrons. The summed E-state index contributed by atoms with van der Waals surface area (Å²) in [6.45, 7) is 8.15. The largest absolute Gasteiger partial charge is 0.485 e. The van der Waals surface area contributed by atoms with Gasteiger partial charge >= 0.3 is 6.09 Å². The molecule has 0 aliphatic heterocycles. The van der Waals surface area contributed by atoms with Gasteiger partial charge in [-0.05, 0) is 101 Å². The summed E-state index contributed by atoms with van der Waals surface area (Å²) in [5, 5.41) is 8.14. The van der Waals surface area contributed by atoms with Crippen LogP contribution in [0.15, 0.2) is 91.3 Å². The molecule has 0 fully saturated rings. The van der Waals surface area contributed by atoms with Crippen LogP contribution in [-0.2, 0) is 24.6 Å². The van der Waals surface area contributed by atoms with Crippen molar-refractivity contribution in [2.45, 2.75) is 85.3 Å². The highest BCUT2D eigenvalue weighted by atomic mass is 19.2. The number of halogens is 6. The van der Waals surface area contributed by atoms with Crippen LogP contribution in [-0.4, -0.2) is 74.2 Å². The number of aryl methyl sites for hydroxylation is 4. The molecule has 0 radical (unpaired) electrons. The van der Waals surface area contributed by atoms with Crippen LogP contribution in [0.25, 0.3) is 11.3 Å². The summed E-state index contributed by atoms with van der Waals surface area (Å²) in [5.41, 5.74) is 7.70. The molecule has 0 bridgehead atoms. The summed E-state index contributed by atoms with van der Waals surface area (Å²) in [6, 6.07) is 19.6. The van der Waals surface area contributed by atoms with Crippen molar-refractivity contribution in [3.63, 3.8) is 0 Å². The predicted molar refractivity (Wildman–Crippen MR) is 257 cm³/mol. The van der Waals surface area contributed by atoms with E-state index in [-0.39, 0.29) is 85.4 Å².